The van der Waals surface area contributed by atoms with Crippen LogP contribution in [-0.4, -0.2) is 17.7 Å². The largest absolute Gasteiger partial charge is 0.495 e. The number of hydrogen-bond donors (Lipinski definition) is 1. The third kappa shape index (κ3) is 4.40. The number of amides is 1. The predicted octanol–water partition coefficient (Wildman–Crippen LogP) is 3.35. The molecule has 6 nitrogen and oxygen atoms in total. The Morgan fingerprint density at radius 1 is 1.04 bits per heavy atom. The molecule has 0 spiro atoms. The zero-order valence-electron chi connectivity index (χ0n) is 16.1. The zero-order chi connectivity index (χ0) is 20.1. The van der Waals surface area contributed by atoms with Crippen LogP contribution in [0.2, 0.25) is 0 Å². The summed E-state index contributed by atoms with van der Waals surface area (Å²) >= 11 is 0. The summed E-state index contributed by atoms with van der Waals surface area (Å²) < 4.78 is 6.34. The van der Waals surface area contributed by atoms with Crippen LogP contribution in [0.1, 0.15) is 27.0 Å². The van der Waals surface area contributed by atoms with E-state index in [0.29, 0.717) is 11.4 Å². The van der Waals surface area contributed by atoms with Crippen LogP contribution in [0, 0.1) is 13.8 Å². The van der Waals surface area contributed by atoms with Crippen LogP contribution in [0.25, 0.3) is 0 Å². The molecule has 0 saturated carbocycles. The highest BCUT2D eigenvalue weighted by molar-refractivity contribution is 6.04. The summed E-state index contributed by atoms with van der Waals surface area (Å²) in [6, 6.07) is 16.3. The minimum atomic E-state index is -0.528. The van der Waals surface area contributed by atoms with Crippen LogP contribution in [0.5, 0.6) is 5.75 Å². The molecule has 1 amide bonds. The van der Waals surface area contributed by atoms with E-state index in [1.165, 1.54) is 19.4 Å². The molecular formula is C22H22N2O4. The van der Waals surface area contributed by atoms with Crippen LogP contribution in [0.15, 0.2) is 65.6 Å². The van der Waals surface area contributed by atoms with E-state index < -0.39 is 11.5 Å². The number of carbonyl (C=O) groups is 1. The summed E-state index contributed by atoms with van der Waals surface area (Å²) in [7, 11) is 1.52. The Morgan fingerprint density at radius 3 is 2.57 bits per heavy atom. The van der Waals surface area contributed by atoms with Crippen LogP contribution in [0.3, 0.4) is 0 Å². The number of pyridine rings is 1. The van der Waals surface area contributed by atoms with Crippen LogP contribution in [0.4, 0.5) is 5.69 Å². The topological polar surface area (TPSA) is 69.6 Å². The zero-order valence-corrected chi connectivity index (χ0v) is 16.1. The van der Waals surface area contributed by atoms with E-state index in [0.717, 1.165) is 21.4 Å². The number of nitrogens with zero attached hydrogens (tertiary/aromatic N) is 1. The first kappa shape index (κ1) is 19.2. The van der Waals surface area contributed by atoms with Crippen molar-refractivity contribution in [3.05, 3.63) is 93.4 Å². The number of rotatable bonds is 6. The van der Waals surface area contributed by atoms with E-state index in [-0.39, 0.29) is 12.2 Å². The lowest BCUT2D eigenvalue weighted by Crippen LogP contribution is -2.32. The Labute approximate surface area is 163 Å². The molecule has 28 heavy (non-hydrogen) atoms. The van der Waals surface area contributed by atoms with Gasteiger partial charge in [0.05, 0.1) is 12.8 Å². The van der Waals surface area contributed by atoms with Crippen LogP contribution >= 0.6 is 0 Å². The maximum absolute atomic E-state index is 12.7. The van der Waals surface area contributed by atoms with Crippen LogP contribution in [-0.2, 0) is 6.61 Å². The first-order valence-electron chi connectivity index (χ1n) is 8.84. The van der Waals surface area contributed by atoms with Crippen molar-refractivity contribution in [2.75, 3.05) is 12.4 Å². The summed E-state index contributed by atoms with van der Waals surface area (Å²) in [6.45, 7) is 4.11. The second kappa shape index (κ2) is 8.43. The van der Waals surface area contributed by atoms with Crippen molar-refractivity contribution in [2.24, 2.45) is 0 Å². The number of anilines is 1. The molecular weight excluding hydrogens is 356 g/mol. The van der Waals surface area contributed by atoms with E-state index in [2.05, 4.69) is 5.32 Å². The Morgan fingerprint density at radius 2 is 1.82 bits per heavy atom. The summed E-state index contributed by atoms with van der Waals surface area (Å²) in [5.74, 6) is -0.00619. The number of methoxy groups -OCH3 is 1. The van der Waals surface area contributed by atoms with Crippen molar-refractivity contribution in [2.45, 2.75) is 20.5 Å². The van der Waals surface area contributed by atoms with Gasteiger partial charge in [-0.15, -0.1) is 0 Å². The molecule has 0 aliphatic carbocycles. The average Bonchev–Trinajstić information content (AvgIpc) is 2.67. The highest BCUT2D eigenvalue weighted by Gasteiger charge is 2.15. The molecule has 3 aromatic rings. The van der Waals surface area contributed by atoms with E-state index in [1.807, 2.05) is 44.2 Å². The Kier molecular flexibility index (Phi) is 5.79. The quantitative estimate of drug-likeness (QED) is 0.714. The molecule has 0 bridgehead atoms. The van der Waals surface area contributed by atoms with Gasteiger partial charge in [0, 0.05) is 6.20 Å². The van der Waals surface area contributed by atoms with E-state index in [1.54, 1.807) is 18.2 Å². The smallest absolute Gasteiger partial charge is 0.295 e. The lowest BCUT2D eigenvalue weighted by Gasteiger charge is -2.12. The highest BCUT2D eigenvalue weighted by Crippen LogP contribution is 2.25. The van der Waals surface area contributed by atoms with Gasteiger partial charge in [-0.05, 0) is 49.2 Å². The van der Waals surface area contributed by atoms with Gasteiger partial charge in [-0.2, -0.15) is 4.73 Å². The van der Waals surface area contributed by atoms with Gasteiger partial charge in [0.2, 0.25) is 0 Å². The fraction of sp³-hybridized carbons (Fsp3) is 0.182. The molecule has 0 aliphatic rings. The second-order valence-electron chi connectivity index (χ2n) is 6.47. The lowest BCUT2D eigenvalue weighted by atomic mass is 10.1. The molecule has 144 valence electrons. The lowest BCUT2D eigenvalue weighted by molar-refractivity contribution is 0.0863. The Bertz CT molecular complexity index is 1060. The fourth-order valence-electron chi connectivity index (χ4n) is 2.80. The van der Waals surface area contributed by atoms with Gasteiger partial charge in [0.15, 0.2) is 0 Å². The molecule has 2 aromatic carbocycles. The van der Waals surface area contributed by atoms with Crippen LogP contribution < -0.4 is 20.5 Å². The van der Waals surface area contributed by atoms with Crippen molar-refractivity contribution >= 4 is 11.6 Å². The summed E-state index contributed by atoms with van der Waals surface area (Å²) in [4.78, 5) is 30.9. The Hall–Kier alpha value is -3.54. The number of aromatic nitrogens is 1. The number of benzene rings is 2. The number of carbonyl (C=O) groups excluding carboxylic acids is 1. The fourth-order valence-corrected chi connectivity index (χ4v) is 2.80. The molecule has 6 heteroatoms. The van der Waals surface area contributed by atoms with Gasteiger partial charge >= 0.3 is 0 Å². The van der Waals surface area contributed by atoms with Gasteiger partial charge in [-0.3, -0.25) is 9.59 Å². The minimum absolute atomic E-state index is 0.0182. The van der Waals surface area contributed by atoms with Gasteiger partial charge < -0.3 is 14.9 Å². The van der Waals surface area contributed by atoms with Gasteiger partial charge in [0.1, 0.15) is 17.9 Å². The molecule has 0 unspecified atom stereocenters. The maximum Gasteiger partial charge on any atom is 0.295 e. The molecule has 1 N–H and O–H groups in total. The van der Waals surface area contributed by atoms with Crippen molar-refractivity contribution in [3.8, 4) is 5.75 Å². The number of ether oxygens (including phenoxy) is 1. The Balaban J connectivity index is 1.79. The number of hydrogen-bond acceptors (Lipinski definition) is 4. The maximum atomic E-state index is 12.7. The molecule has 0 fully saturated rings. The van der Waals surface area contributed by atoms with Crippen molar-refractivity contribution in [1.82, 2.24) is 4.73 Å². The predicted molar refractivity (Wildman–Crippen MR) is 108 cm³/mol. The SMILES string of the molecule is COc1ccc(C)cc1NC(=O)c1cccn(OCc2cccc(C)c2)c1=O. The first-order valence-corrected chi connectivity index (χ1v) is 8.84. The monoisotopic (exact) mass is 378 g/mol. The highest BCUT2D eigenvalue weighted by atomic mass is 16.7. The third-order valence-corrected chi connectivity index (χ3v) is 4.22. The minimum Gasteiger partial charge on any atom is -0.495 e. The van der Waals surface area contributed by atoms with Gasteiger partial charge in [-0.25, -0.2) is 0 Å². The van der Waals surface area contributed by atoms with E-state index >= 15 is 0 Å². The molecule has 1 heterocycles. The van der Waals surface area contributed by atoms with E-state index in [4.69, 9.17) is 9.57 Å². The van der Waals surface area contributed by atoms with Gasteiger partial charge in [0.25, 0.3) is 11.5 Å². The molecule has 0 saturated heterocycles. The normalized spacial score (nSPS) is 10.4. The van der Waals surface area contributed by atoms with Crippen molar-refractivity contribution in [3.63, 3.8) is 0 Å². The summed E-state index contributed by atoms with van der Waals surface area (Å²) in [5, 5.41) is 2.74. The summed E-state index contributed by atoms with van der Waals surface area (Å²) in [5.41, 5.74) is 2.96. The molecule has 0 radical (unpaired) electrons. The summed E-state index contributed by atoms with van der Waals surface area (Å²) in [6.07, 6.45) is 1.49. The average molecular weight is 378 g/mol. The van der Waals surface area contributed by atoms with Crippen molar-refractivity contribution < 1.29 is 14.4 Å². The molecule has 0 aliphatic heterocycles. The van der Waals surface area contributed by atoms with E-state index in [9.17, 15) is 9.59 Å². The molecule has 1 aromatic heterocycles. The van der Waals surface area contributed by atoms with Gasteiger partial charge in [-0.1, -0.05) is 35.9 Å². The second-order valence-corrected chi connectivity index (χ2v) is 6.47. The first-order chi connectivity index (χ1) is 13.5. The molecule has 3 rings (SSSR count). The number of nitrogens with one attached hydrogen (secondary N) is 1. The molecule has 0 atom stereocenters. The van der Waals surface area contributed by atoms with Crippen molar-refractivity contribution in [1.29, 1.82) is 0 Å². The third-order valence-electron chi connectivity index (χ3n) is 4.22. The number of aryl methyl sites for hydroxylation is 2. The standard InChI is InChI=1S/C22H22N2O4/c1-15-6-4-7-17(12-15)14-28-24-11-5-8-18(22(24)26)21(25)23-19-13-16(2)9-10-20(19)27-3/h4-13H,14H2,1-3H3,(H,23,25).